The van der Waals surface area contributed by atoms with Crippen LogP contribution in [0.15, 0.2) is 48.8 Å². The van der Waals surface area contributed by atoms with Crippen molar-refractivity contribution in [3.8, 4) is 0 Å². The van der Waals surface area contributed by atoms with E-state index in [0.29, 0.717) is 5.69 Å². The zero-order valence-electron chi connectivity index (χ0n) is 7.87. The smallest absolute Gasteiger partial charge is 0.159 e. The Morgan fingerprint density at radius 3 is 2.50 bits per heavy atom. The van der Waals surface area contributed by atoms with Crippen molar-refractivity contribution in [2.45, 2.75) is 0 Å². The monoisotopic (exact) mass is 189 g/mol. The third kappa shape index (κ3) is 1.41. The molecule has 72 valence electrons. The summed E-state index contributed by atoms with van der Waals surface area (Å²) in [6.45, 7) is 0. The van der Waals surface area contributed by atoms with Gasteiger partial charge in [-0.3, -0.25) is 0 Å². The zero-order chi connectivity index (χ0) is 10.0. The Kier molecular flexibility index (Phi) is 2.07. The Hall–Kier alpha value is -1.65. The number of benzene rings is 1. The summed E-state index contributed by atoms with van der Waals surface area (Å²) in [5.74, 6) is 0. The van der Waals surface area contributed by atoms with E-state index in [-0.39, 0.29) is 0 Å². The first kappa shape index (κ1) is 8.93. The molecule has 0 amide bonds. The van der Waals surface area contributed by atoms with Gasteiger partial charge in [0.05, 0.1) is 19.4 Å². The van der Waals surface area contributed by atoms with Gasteiger partial charge in [-0.05, 0) is 6.07 Å². The minimum atomic E-state index is -0.645. The van der Waals surface area contributed by atoms with Gasteiger partial charge in [-0.2, -0.15) is 0 Å². The SMILES string of the molecule is C[N+]([O-])(c1ccccc1)n1cccn1. The van der Waals surface area contributed by atoms with E-state index in [1.807, 2.05) is 18.2 Å². The molecule has 2 rings (SSSR count). The van der Waals surface area contributed by atoms with Crippen LogP contribution >= 0.6 is 0 Å². The van der Waals surface area contributed by atoms with Crippen LogP contribution in [0, 0.1) is 5.21 Å². The molecule has 0 aliphatic heterocycles. The molecule has 1 heterocycles. The second-order valence-corrected chi connectivity index (χ2v) is 3.14. The lowest BCUT2D eigenvalue weighted by atomic mass is 10.3. The molecule has 0 radical (unpaired) electrons. The van der Waals surface area contributed by atoms with Gasteiger partial charge in [-0.25, -0.2) is 4.76 Å². The molecule has 0 aliphatic rings. The zero-order valence-corrected chi connectivity index (χ0v) is 7.87. The first-order chi connectivity index (χ1) is 6.71. The number of para-hydroxylation sites is 1. The second kappa shape index (κ2) is 3.25. The highest BCUT2D eigenvalue weighted by Crippen LogP contribution is 2.18. The number of hydroxylamine groups is 1. The molecule has 2 aromatic rings. The van der Waals surface area contributed by atoms with Crippen molar-refractivity contribution in [2.24, 2.45) is 0 Å². The lowest BCUT2D eigenvalue weighted by Crippen LogP contribution is -2.44. The minimum Gasteiger partial charge on any atom is -0.600 e. The maximum absolute atomic E-state index is 12.2. The van der Waals surface area contributed by atoms with Crippen LogP contribution < -0.4 is 4.76 Å². The van der Waals surface area contributed by atoms with Gasteiger partial charge >= 0.3 is 0 Å². The van der Waals surface area contributed by atoms with E-state index in [2.05, 4.69) is 5.10 Å². The standard InChI is InChI=1S/C10H11N3O/c1-13(14,12-9-5-8-11-12)10-6-3-2-4-7-10/h2-9H,1H3. The van der Waals surface area contributed by atoms with Crippen LogP contribution in [-0.4, -0.2) is 16.9 Å². The number of nitrogens with zero attached hydrogens (tertiary/aromatic N) is 3. The maximum atomic E-state index is 12.2. The average molecular weight is 189 g/mol. The van der Waals surface area contributed by atoms with Gasteiger partial charge in [0.1, 0.15) is 0 Å². The van der Waals surface area contributed by atoms with Crippen molar-refractivity contribution < 1.29 is 0 Å². The van der Waals surface area contributed by atoms with Gasteiger partial charge in [0.2, 0.25) is 0 Å². The van der Waals surface area contributed by atoms with Crippen LogP contribution in [0.1, 0.15) is 0 Å². The molecule has 0 saturated carbocycles. The van der Waals surface area contributed by atoms with Gasteiger partial charge in [-0.1, -0.05) is 18.2 Å². The van der Waals surface area contributed by atoms with Crippen molar-refractivity contribution in [2.75, 3.05) is 7.05 Å². The molecule has 0 fully saturated rings. The normalized spacial score (nSPS) is 15.0. The van der Waals surface area contributed by atoms with Crippen LogP contribution in [-0.2, 0) is 0 Å². The lowest BCUT2D eigenvalue weighted by Gasteiger charge is -2.35. The first-order valence-corrected chi connectivity index (χ1v) is 4.35. The summed E-state index contributed by atoms with van der Waals surface area (Å²) in [5, 5.41) is 16.1. The van der Waals surface area contributed by atoms with Crippen LogP contribution in [0.2, 0.25) is 0 Å². The van der Waals surface area contributed by atoms with E-state index in [1.165, 1.54) is 4.79 Å². The Labute approximate surface area is 82.1 Å². The molecule has 1 unspecified atom stereocenters. The molecule has 4 heteroatoms. The summed E-state index contributed by atoms with van der Waals surface area (Å²) in [6, 6.07) is 10.9. The molecule has 1 aromatic carbocycles. The lowest BCUT2D eigenvalue weighted by molar-refractivity contribution is 0.309. The van der Waals surface area contributed by atoms with Crippen molar-refractivity contribution in [1.29, 1.82) is 0 Å². The van der Waals surface area contributed by atoms with E-state index in [9.17, 15) is 5.21 Å². The van der Waals surface area contributed by atoms with Crippen LogP contribution in [0.3, 0.4) is 0 Å². The van der Waals surface area contributed by atoms with Gasteiger partial charge in [0.25, 0.3) is 0 Å². The third-order valence-corrected chi connectivity index (χ3v) is 2.12. The van der Waals surface area contributed by atoms with Gasteiger partial charge in [0.15, 0.2) is 5.69 Å². The highest BCUT2D eigenvalue weighted by molar-refractivity contribution is 5.41. The summed E-state index contributed by atoms with van der Waals surface area (Å²) in [5.41, 5.74) is 0.649. The maximum Gasteiger partial charge on any atom is 0.159 e. The topological polar surface area (TPSA) is 40.9 Å². The molecule has 0 N–H and O–H groups in total. The van der Waals surface area contributed by atoms with Gasteiger partial charge < -0.3 is 5.21 Å². The highest BCUT2D eigenvalue weighted by atomic mass is 16.6. The van der Waals surface area contributed by atoms with Crippen molar-refractivity contribution >= 4 is 5.69 Å². The molecular formula is C10H11N3O. The van der Waals surface area contributed by atoms with E-state index in [0.717, 1.165) is 0 Å². The van der Waals surface area contributed by atoms with E-state index in [1.54, 1.807) is 37.6 Å². The number of hydrogen-bond acceptors (Lipinski definition) is 2. The fourth-order valence-corrected chi connectivity index (χ4v) is 1.31. The van der Waals surface area contributed by atoms with E-state index < -0.39 is 4.76 Å². The van der Waals surface area contributed by atoms with Crippen molar-refractivity contribution in [1.82, 2.24) is 14.6 Å². The summed E-state index contributed by atoms with van der Waals surface area (Å²) >= 11 is 0. The predicted molar refractivity (Wildman–Crippen MR) is 55.2 cm³/mol. The van der Waals surface area contributed by atoms with Crippen LogP contribution in [0.5, 0.6) is 0 Å². The molecule has 0 spiro atoms. The Balaban J connectivity index is 2.43. The van der Waals surface area contributed by atoms with E-state index in [4.69, 9.17) is 0 Å². The largest absolute Gasteiger partial charge is 0.600 e. The molecule has 1 aromatic heterocycles. The average Bonchev–Trinajstić information content (AvgIpc) is 2.72. The summed E-state index contributed by atoms with van der Waals surface area (Å²) < 4.78 is -0.645. The predicted octanol–water partition coefficient (Wildman–Crippen LogP) is 1.78. The summed E-state index contributed by atoms with van der Waals surface area (Å²) in [7, 11) is 1.54. The molecule has 14 heavy (non-hydrogen) atoms. The Morgan fingerprint density at radius 1 is 1.21 bits per heavy atom. The van der Waals surface area contributed by atoms with Gasteiger partial charge in [0, 0.05) is 12.1 Å². The fraction of sp³-hybridized carbons (Fsp3) is 0.100. The number of aromatic nitrogens is 2. The molecule has 4 nitrogen and oxygen atoms in total. The van der Waals surface area contributed by atoms with Gasteiger partial charge in [-0.15, -0.1) is 9.89 Å². The number of rotatable bonds is 2. The number of quaternary nitrogens is 1. The molecular weight excluding hydrogens is 178 g/mol. The Bertz CT molecular complexity index is 395. The quantitative estimate of drug-likeness (QED) is 0.533. The minimum absolute atomic E-state index is 0.645. The first-order valence-electron chi connectivity index (χ1n) is 4.35. The van der Waals surface area contributed by atoms with Crippen LogP contribution in [0.25, 0.3) is 0 Å². The van der Waals surface area contributed by atoms with Crippen LogP contribution in [0.4, 0.5) is 5.69 Å². The molecule has 0 saturated heterocycles. The third-order valence-electron chi connectivity index (χ3n) is 2.12. The van der Waals surface area contributed by atoms with Crippen molar-refractivity contribution in [3.05, 3.63) is 54.0 Å². The highest BCUT2D eigenvalue weighted by Gasteiger charge is 2.16. The second-order valence-electron chi connectivity index (χ2n) is 3.14. The molecule has 0 aliphatic carbocycles. The fourth-order valence-electron chi connectivity index (χ4n) is 1.31. The molecule has 0 bridgehead atoms. The Morgan fingerprint density at radius 2 is 1.93 bits per heavy atom. The number of hydrogen-bond donors (Lipinski definition) is 0. The van der Waals surface area contributed by atoms with E-state index >= 15 is 0 Å². The summed E-state index contributed by atoms with van der Waals surface area (Å²) in [4.78, 5) is 1.36. The molecule has 1 atom stereocenters. The van der Waals surface area contributed by atoms with Crippen molar-refractivity contribution in [3.63, 3.8) is 0 Å². The summed E-state index contributed by atoms with van der Waals surface area (Å²) in [6.07, 6.45) is 3.25.